The van der Waals surface area contributed by atoms with Gasteiger partial charge in [0.1, 0.15) is 0 Å². The van der Waals surface area contributed by atoms with Gasteiger partial charge in [0, 0.05) is 31.2 Å². The van der Waals surface area contributed by atoms with E-state index in [9.17, 15) is 9.59 Å². The van der Waals surface area contributed by atoms with Gasteiger partial charge in [-0.25, -0.2) is 9.78 Å². The quantitative estimate of drug-likeness (QED) is 0.828. The maximum absolute atomic E-state index is 11.3. The van der Waals surface area contributed by atoms with Crippen molar-refractivity contribution in [2.24, 2.45) is 11.7 Å². The number of amides is 2. The van der Waals surface area contributed by atoms with E-state index in [-0.39, 0.29) is 6.61 Å². The van der Waals surface area contributed by atoms with Crippen LogP contribution < -0.4 is 16.0 Å². The lowest BCUT2D eigenvalue weighted by Crippen LogP contribution is -2.39. The summed E-state index contributed by atoms with van der Waals surface area (Å²) in [5.74, 6) is -0.232. The number of rotatable bonds is 5. The number of hydrogen-bond donors (Lipinski definition) is 2. The van der Waals surface area contributed by atoms with Gasteiger partial charge in [0.2, 0.25) is 0 Å². The lowest BCUT2D eigenvalue weighted by Gasteiger charge is -2.31. The monoisotopic (exact) mass is 298 g/mol. The van der Waals surface area contributed by atoms with E-state index in [1.54, 1.807) is 11.3 Å². The van der Waals surface area contributed by atoms with E-state index in [4.69, 9.17) is 5.73 Å². The minimum atomic E-state index is -0.656. The van der Waals surface area contributed by atoms with E-state index in [0.717, 1.165) is 31.1 Å². The van der Waals surface area contributed by atoms with Crippen molar-refractivity contribution in [2.75, 3.05) is 31.1 Å². The Balaban J connectivity index is 1.64. The maximum Gasteiger partial charge on any atom is 0.407 e. The molecule has 1 aliphatic heterocycles. The minimum absolute atomic E-state index is 0.381. The molecular weight excluding hydrogens is 280 g/mol. The lowest BCUT2D eigenvalue weighted by molar-refractivity contribution is -0.120. The number of piperidine rings is 1. The Kier molecular flexibility index (Phi) is 5.16. The first kappa shape index (κ1) is 14.6. The van der Waals surface area contributed by atoms with Gasteiger partial charge in [0.05, 0.1) is 0 Å². The summed E-state index contributed by atoms with van der Waals surface area (Å²) >= 11 is 1.64. The predicted octanol–water partition coefficient (Wildman–Crippen LogP) is 0.571. The summed E-state index contributed by atoms with van der Waals surface area (Å²) in [6.45, 7) is 2.06. The molecule has 2 heterocycles. The minimum Gasteiger partial charge on any atom is -0.439 e. The van der Waals surface area contributed by atoms with Crippen LogP contribution >= 0.6 is 11.3 Å². The molecule has 0 bridgehead atoms. The molecule has 8 heteroatoms. The third-order valence-corrected chi connectivity index (χ3v) is 4.02. The zero-order valence-electron chi connectivity index (χ0n) is 11.1. The summed E-state index contributed by atoms with van der Waals surface area (Å²) < 4.78 is 4.63. The van der Waals surface area contributed by atoms with Gasteiger partial charge in [-0.1, -0.05) is 0 Å². The van der Waals surface area contributed by atoms with Gasteiger partial charge in [-0.05, 0) is 18.8 Å². The van der Waals surface area contributed by atoms with Crippen molar-refractivity contribution < 1.29 is 14.3 Å². The standard InChI is InChI=1S/C12H18N4O3S/c13-10(17)8-19-12(18)15-7-9-1-4-16(5-2-9)11-14-3-6-20-11/h3,6,9H,1-2,4-5,7-8H2,(H2,13,17)(H,15,18). The fraction of sp³-hybridized carbons (Fsp3) is 0.583. The van der Waals surface area contributed by atoms with Gasteiger partial charge in [0.15, 0.2) is 11.7 Å². The molecule has 1 saturated heterocycles. The molecule has 110 valence electrons. The topological polar surface area (TPSA) is 97.6 Å². The average molecular weight is 298 g/mol. The third kappa shape index (κ3) is 4.37. The van der Waals surface area contributed by atoms with Crippen LogP contribution in [0.2, 0.25) is 0 Å². The Morgan fingerprint density at radius 2 is 2.25 bits per heavy atom. The second-order valence-corrected chi connectivity index (χ2v) is 5.54. The van der Waals surface area contributed by atoms with Crippen molar-refractivity contribution in [2.45, 2.75) is 12.8 Å². The van der Waals surface area contributed by atoms with Crippen molar-refractivity contribution in [3.63, 3.8) is 0 Å². The van der Waals surface area contributed by atoms with E-state index in [1.165, 1.54) is 0 Å². The number of anilines is 1. The summed E-state index contributed by atoms with van der Waals surface area (Å²) in [7, 11) is 0. The van der Waals surface area contributed by atoms with Crippen molar-refractivity contribution in [3.8, 4) is 0 Å². The predicted molar refractivity (Wildman–Crippen MR) is 75.6 cm³/mol. The van der Waals surface area contributed by atoms with Crippen LogP contribution in [0.4, 0.5) is 9.93 Å². The molecule has 3 N–H and O–H groups in total. The van der Waals surface area contributed by atoms with E-state index in [2.05, 4.69) is 19.9 Å². The second-order valence-electron chi connectivity index (χ2n) is 4.67. The average Bonchev–Trinajstić information content (AvgIpc) is 2.97. The number of thiazole rings is 1. The van der Waals surface area contributed by atoms with Crippen molar-refractivity contribution in [1.82, 2.24) is 10.3 Å². The molecule has 2 rings (SSSR count). The summed E-state index contributed by atoms with van der Waals surface area (Å²) in [6, 6.07) is 0. The fourth-order valence-corrected chi connectivity index (χ4v) is 2.81. The number of nitrogens with two attached hydrogens (primary N) is 1. The molecule has 0 aromatic carbocycles. The van der Waals surface area contributed by atoms with Gasteiger partial charge in [-0.3, -0.25) is 4.79 Å². The number of carbonyl (C=O) groups excluding carboxylic acids is 2. The van der Waals surface area contributed by atoms with Crippen LogP contribution in [-0.4, -0.2) is 43.2 Å². The van der Waals surface area contributed by atoms with Crippen LogP contribution in [0.25, 0.3) is 0 Å². The highest BCUT2D eigenvalue weighted by Crippen LogP contribution is 2.24. The smallest absolute Gasteiger partial charge is 0.407 e. The Hall–Kier alpha value is -1.83. The summed E-state index contributed by atoms with van der Waals surface area (Å²) in [5.41, 5.74) is 4.89. The molecule has 1 fully saturated rings. The van der Waals surface area contributed by atoms with E-state index in [1.807, 2.05) is 11.6 Å². The summed E-state index contributed by atoms with van der Waals surface area (Å²) in [5, 5.41) is 5.68. The van der Waals surface area contributed by atoms with Crippen LogP contribution in [0.5, 0.6) is 0 Å². The zero-order chi connectivity index (χ0) is 14.4. The first-order valence-electron chi connectivity index (χ1n) is 6.48. The molecule has 0 radical (unpaired) electrons. The third-order valence-electron chi connectivity index (χ3n) is 3.18. The van der Waals surface area contributed by atoms with Crippen LogP contribution in [0, 0.1) is 5.92 Å². The Morgan fingerprint density at radius 3 is 2.85 bits per heavy atom. The highest BCUT2D eigenvalue weighted by atomic mass is 32.1. The summed E-state index contributed by atoms with van der Waals surface area (Å²) in [6.07, 6.45) is 3.21. The number of primary amides is 1. The Labute approximate surface area is 121 Å². The number of carbonyl (C=O) groups is 2. The van der Waals surface area contributed by atoms with Crippen molar-refractivity contribution >= 4 is 28.5 Å². The Morgan fingerprint density at radius 1 is 1.50 bits per heavy atom. The normalized spacial score (nSPS) is 15.9. The largest absolute Gasteiger partial charge is 0.439 e. The lowest BCUT2D eigenvalue weighted by atomic mass is 9.97. The molecule has 0 saturated carbocycles. The highest BCUT2D eigenvalue weighted by molar-refractivity contribution is 7.13. The van der Waals surface area contributed by atoms with Gasteiger partial charge in [-0.2, -0.15) is 0 Å². The second kappa shape index (κ2) is 7.09. The molecule has 1 aromatic heterocycles. The zero-order valence-corrected chi connectivity index (χ0v) is 11.9. The maximum atomic E-state index is 11.3. The Bertz CT molecular complexity index is 444. The number of hydrogen-bond acceptors (Lipinski definition) is 6. The molecular formula is C12H18N4O3S. The van der Waals surface area contributed by atoms with Crippen LogP contribution in [0.15, 0.2) is 11.6 Å². The molecule has 0 unspecified atom stereocenters. The fourth-order valence-electron chi connectivity index (χ4n) is 2.12. The number of alkyl carbamates (subject to hydrolysis) is 1. The molecule has 2 amide bonds. The van der Waals surface area contributed by atoms with Gasteiger partial charge >= 0.3 is 6.09 Å². The number of ether oxygens (including phenoxy) is 1. The van der Waals surface area contributed by atoms with Crippen molar-refractivity contribution in [3.05, 3.63) is 11.6 Å². The molecule has 1 aliphatic rings. The molecule has 0 spiro atoms. The number of nitrogens with one attached hydrogen (secondary N) is 1. The van der Waals surface area contributed by atoms with Crippen LogP contribution in [0.3, 0.4) is 0 Å². The van der Waals surface area contributed by atoms with Crippen molar-refractivity contribution in [1.29, 1.82) is 0 Å². The SMILES string of the molecule is NC(=O)COC(=O)NCC1CCN(c2nccs2)CC1. The van der Waals surface area contributed by atoms with E-state index < -0.39 is 12.0 Å². The van der Waals surface area contributed by atoms with Gasteiger partial charge < -0.3 is 20.7 Å². The first-order valence-corrected chi connectivity index (χ1v) is 7.36. The van der Waals surface area contributed by atoms with E-state index in [0.29, 0.717) is 12.5 Å². The molecule has 0 aliphatic carbocycles. The van der Waals surface area contributed by atoms with Gasteiger partial charge in [-0.15, -0.1) is 11.3 Å². The number of nitrogens with zero attached hydrogens (tertiary/aromatic N) is 2. The van der Waals surface area contributed by atoms with Crippen LogP contribution in [0.1, 0.15) is 12.8 Å². The molecule has 20 heavy (non-hydrogen) atoms. The highest BCUT2D eigenvalue weighted by Gasteiger charge is 2.21. The molecule has 1 aromatic rings. The van der Waals surface area contributed by atoms with Crippen LogP contribution in [-0.2, 0) is 9.53 Å². The molecule has 0 atom stereocenters. The van der Waals surface area contributed by atoms with E-state index >= 15 is 0 Å². The first-order chi connectivity index (χ1) is 9.65. The van der Waals surface area contributed by atoms with Gasteiger partial charge in [0.25, 0.3) is 5.91 Å². The summed E-state index contributed by atoms with van der Waals surface area (Å²) in [4.78, 5) is 28.3. The molecule has 7 nitrogen and oxygen atoms in total. The number of aromatic nitrogens is 1.